The second-order valence-electron chi connectivity index (χ2n) is 3.60. The first-order chi connectivity index (χ1) is 8.31. The van der Waals surface area contributed by atoms with Gasteiger partial charge in [-0.05, 0) is 12.1 Å². The van der Waals surface area contributed by atoms with Crippen molar-refractivity contribution in [2.24, 2.45) is 0 Å². The van der Waals surface area contributed by atoms with Crippen LogP contribution in [0.4, 0.5) is 4.39 Å². The number of halogens is 1. The fourth-order valence-corrected chi connectivity index (χ4v) is 1.59. The molecule has 1 nitrogen and oxygen atoms in total. The van der Waals surface area contributed by atoms with Crippen molar-refractivity contribution >= 4 is 12.2 Å². The van der Waals surface area contributed by atoms with Gasteiger partial charge in [-0.15, -0.1) is 0 Å². The standard InChI is InChI=1S/C15H13FO/c1-17-15-9-5-3-7-13(15)11-10-12-6-2-4-8-14(12)16/h2-11H,1H3/b11-10+. The first-order valence-electron chi connectivity index (χ1n) is 5.37. The van der Waals surface area contributed by atoms with Crippen molar-refractivity contribution in [3.05, 3.63) is 65.5 Å². The summed E-state index contributed by atoms with van der Waals surface area (Å²) in [6, 6.07) is 14.3. The molecule has 86 valence electrons. The lowest BCUT2D eigenvalue weighted by Crippen LogP contribution is -1.85. The average molecular weight is 228 g/mol. The summed E-state index contributed by atoms with van der Waals surface area (Å²) in [4.78, 5) is 0. The Hall–Kier alpha value is -2.09. The van der Waals surface area contributed by atoms with Crippen LogP contribution in [-0.4, -0.2) is 7.11 Å². The summed E-state index contributed by atoms with van der Waals surface area (Å²) in [5.74, 6) is 0.554. The molecule has 0 aliphatic heterocycles. The third-order valence-corrected chi connectivity index (χ3v) is 2.49. The number of benzene rings is 2. The summed E-state index contributed by atoms with van der Waals surface area (Å²) in [6.45, 7) is 0. The normalized spacial score (nSPS) is 10.7. The molecular weight excluding hydrogens is 215 g/mol. The second kappa shape index (κ2) is 5.30. The van der Waals surface area contributed by atoms with Crippen LogP contribution >= 0.6 is 0 Å². The molecule has 0 bridgehead atoms. The molecule has 2 aromatic rings. The Morgan fingerprint density at radius 3 is 2.18 bits per heavy atom. The van der Waals surface area contributed by atoms with Gasteiger partial charge in [-0.1, -0.05) is 48.6 Å². The molecule has 0 N–H and O–H groups in total. The van der Waals surface area contributed by atoms with E-state index in [1.807, 2.05) is 36.4 Å². The van der Waals surface area contributed by atoms with Crippen LogP contribution in [0.2, 0.25) is 0 Å². The lowest BCUT2D eigenvalue weighted by atomic mass is 10.1. The first kappa shape index (κ1) is 11.4. The van der Waals surface area contributed by atoms with Crippen LogP contribution in [0.3, 0.4) is 0 Å². The molecule has 2 heteroatoms. The molecule has 0 saturated heterocycles. The zero-order valence-electron chi connectivity index (χ0n) is 9.56. The number of methoxy groups -OCH3 is 1. The molecule has 0 spiro atoms. The molecule has 2 aromatic carbocycles. The molecule has 0 heterocycles. The van der Waals surface area contributed by atoms with Crippen molar-refractivity contribution in [3.63, 3.8) is 0 Å². The minimum Gasteiger partial charge on any atom is -0.496 e. The highest BCUT2D eigenvalue weighted by Gasteiger charge is 1.98. The van der Waals surface area contributed by atoms with Gasteiger partial charge in [0.1, 0.15) is 11.6 Å². The molecule has 0 saturated carbocycles. The van der Waals surface area contributed by atoms with E-state index in [9.17, 15) is 4.39 Å². The van der Waals surface area contributed by atoms with Gasteiger partial charge < -0.3 is 4.74 Å². The van der Waals surface area contributed by atoms with E-state index >= 15 is 0 Å². The molecule has 0 atom stereocenters. The maximum absolute atomic E-state index is 13.4. The predicted octanol–water partition coefficient (Wildman–Crippen LogP) is 4.00. The highest BCUT2D eigenvalue weighted by atomic mass is 19.1. The highest BCUT2D eigenvalue weighted by molar-refractivity contribution is 5.72. The van der Waals surface area contributed by atoms with Gasteiger partial charge in [0.25, 0.3) is 0 Å². The van der Waals surface area contributed by atoms with Crippen LogP contribution < -0.4 is 4.74 Å². The lowest BCUT2D eigenvalue weighted by molar-refractivity contribution is 0.414. The molecule has 0 aromatic heterocycles. The minimum absolute atomic E-state index is 0.223. The molecule has 0 fully saturated rings. The van der Waals surface area contributed by atoms with Crippen molar-refractivity contribution in [1.29, 1.82) is 0 Å². The number of hydrogen-bond acceptors (Lipinski definition) is 1. The molecule has 0 radical (unpaired) electrons. The first-order valence-corrected chi connectivity index (χ1v) is 5.37. The van der Waals surface area contributed by atoms with Crippen molar-refractivity contribution in [2.75, 3.05) is 7.11 Å². The number of rotatable bonds is 3. The number of ether oxygens (including phenoxy) is 1. The van der Waals surface area contributed by atoms with Crippen LogP contribution in [-0.2, 0) is 0 Å². The van der Waals surface area contributed by atoms with Gasteiger partial charge in [0.2, 0.25) is 0 Å². The van der Waals surface area contributed by atoms with Crippen LogP contribution in [0.5, 0.6) is 5.75 Å². The van der Waals surface area contributed by atoms with E-state index in [0.717, 1.165) is 11.3 Å². The topological polar surface area (TPSA) is 9.23 Å². The third-order valence-electron chi connectivity index (χ3n) is 2.49. The van der Waals surface area contributed by atoms with E-state index in [1.54, 1.807) is 25.3 Å². The summed E-state index contributed by atoms with van der Waals surface area (Å²) >= 11 is 0. The molecule has 0 aliphatic rings. The van der Waals surface area contributed by atoms with E-state index < -0.39 is 0 Å². The van der Waals surface area contributed by atoms with Crippen molar-refractivity contribution in [2.45, 2.75) is 0 Å². The van der Waals surface area contributed by atoms with Crippen molar-refractivity contribution in [3.8, 4) is 5.75 Å². The fraction of sp³-hybridized carbons (Fsp3) is 0.0667. The van der Waals surface area contributed by atoms with Crippen LogP contribution in [0, 0.1) is 5.82 Å². The summed E-state index contributed by atoms with van der Waals surface area (Å²) in [6.07, 6.45) is 3.59. The Morgan fingerprint density at radius 1 is 0.882 bits per heavy atom. The van der Waals surface area contributed by atoms with Gasteiger partial charge >= 0.3 is 0 Å². The maximum atomic E-state index is 13.4. The van der Waals surface area contributed by atoms with Crippen LogP contribution in [0.15, 0.2) is 48.5 Å². The molecule has 0 unspecified atom stereocenters. The summed E-state index contributed by atoms with van der Waals surface area (Å²) in [5.41, 5.74) is 1.50. The summed E-state index contributed by atoms with van der Waals surface area (Å²) in [7, 11) is 1.62. The molecule has 2 rings (SSSR count). The van der Waals surface area contributed by atoms with Gasteiger partial charge in [0, 0.05) is 11.1 Å². The van der Waals surface area contributed by atoms with Gasteiger partial charge in [-0.25, -0.2) is 4.39 Å². The molecule has 17 heavy (non-hydrogen) atoms. The lowest BCUT2D eigenvalue weighted by Gasteiger charge is -2.03. The Balaban J connectivity index is 2.29. The highest BCUT2D eigenvalue weighted by Crippen LogP contribution is 2.20. The molecule has 0 amide bonds. The van der Waals surface area contributed by atoms with Crippen molar-refractivity contribution in [1.82, 2.24) is 0 Å². The Bertz CT molecular complexity index is 532. The monoisotopic (exact) mass is 228 g/mol. The van der Waals surface area contributed by atoms with E-state index in [0.29, 0.717) is 5.56 Å². The Labute approximate surface area is 100 Å². The van der Waals surface area contributed by atoms with Gasteiger partial charge in [-0.3, -0.25) is 0 Å². The summed E-state index contributed by atoms with van der Waals surface area (Å²) in [5, 5.41) is 0. The predicted molar refractivity (Wildman–Crippen MR) is 68.3 cm³/mol. The quantitative estimate of drug-likeness (QED) is 0.721. The largest absolute Gasteiger partial charge is 0.496 e. The van der Waals surface area contributed by atoms with E-state index in [4.69, 9.17) is 4.74 Å². The van der Waals surface area contributed by atoms with Crippen LogP contribution in [0.25, 0.3) is 12.2 Å². The van der Waals surface area contributed by atoms with Gasteiger partial charge in [0.05, 0.1) is 7.11 Å². The molecular formula is C15H13FO. The Kier molecular flexibility index (Phi) is 3.55. The zero-order chi connectivity index (χ0) is 12.1. The smallest absolute Gasteiger partial charge is 0.130 e. The van der Waals surface area contributed by atoms with Crippen LogP contribution in [0.1, 0.15) is 11.1 Å². The van der Waals surface area contributed by atoms with E-state index in [1.165, 1.54) is 6.07 Å². The third kappa shape index (κ3) is 2.72. The minimum atomic E-state index is -0.223. The fourth-order valence-electron chi connectivity index (χ4n) is 1.59. The number of hydrogen-bond donors (Lipinski definition) is 0. The SMILES string of the molecule is COc1ccccc1/C=C/c1ccccc1F. The van der Waals surface area contributed by atoms with E-state index in [-0.39, 0.29) is 5.82 Å². The molecule has 0 aliphatic carbocycles. The van der Waals surface area contributed by atoms with Gasteiger partial charge in [0.15, 0.2) is 0 Å². The Morgan fingerprint density at radius 2 is 1.47 bits per heavy atom. The zero-order valence-corrected chi connectivity index (χ0v) is 9.56. The second-order valence-corrected chi connectivity index (χ2v) is 3.60. The maximum Gasteiger partial charge on any atom is 0.130 e. The van der Waals surface area contributed by atoms with E-state index in [2.05, 4.69) is 0 Å². The van der Waals surface area contributed by atoms with Crippen molar-refractivity contribution < 1.29 is 9.13 Å². The van der Waals surface area contributed by atoms with Gasteiger partial charge in [-0.2, -0.15) is 0 Å². The average Bonchev–Trinajstić information content (AvgIpc) is 2.38. The number of para-hydroxylation sites is 1. The summed E-state index contributed by atoms with van der Waals surface area (Å²) < 4.78 is 18.6.